The van der Waals surface area contributed by atoms with Gasteiger partial charge >= 0.3 is 0 Å². The van der Waals surface area contributed by atoms with E-state index in [0.29, 0.717) is 5.82 Å². The van der Waals surface area contributed by atoms with Gasteiger partial charge in [0.2, 0.25) is 10.0 Å². The van der Waals surface area contributed by atoms with E-state index in [2.05, 4.69) is 20.2 Å². The van der Waals surface area contributed by atoms with E-state index in [4.69, 9.17) is 4.74 Å². The minimum atomic E-state index is -3.86. The molecule has 0 aliphatic heterocycles. The summed E-state index contributed by atoms with van der Waals surface area (Å²) in [5.41, 5.74) is 0.134. The van der Waals surface area contributed by atoms with Crippen LogP contribution in [0.25, 0.3) is 0 Å². The molecule has 0 spiro atoms. The summed E-state index contributed by atoms with van der Waals surface area (Å²) in [4.78, 5) is 11.9. The summed E-state index contributed by atoms with van der Waals surface area (Å²) in [7, 11) is 0.724. The molecule has 1 unspecified atom stereocenters. The fourth-order valence-corrected chi connectivity index (χ4v) is 3.43. The van der Waals surface area contributed by atoms with E-state index in [0.717, 1.165) is 0 Å². The van der Waals surface area contributed by atoms with Crippen LogP contribution in [0.2, 0.25) is 0 Å². The Balaban J connectivity index is 2.35. The number of aryl methyl sites for hydroxylation is 1. The van der Waals surface area contributed by atoms with Crippen LogP contribution in [-0.2, 0) is 17.1 Å². The zero-order valence-corrected chi connectivity index (χ0v) is 14.6. The molecule has 1 amide bonds. The average Bonchev–Trinajstić information content (AvgIpc) is 2.99. The zero-order valence-electron chi connectivity index (χ0n) is 13.8. The normalized spacial score (nSPS) is 12.7. The van der Waals surface area contributed by atoms with Gasteiger partial charge in [0, 0.05) is 14.1 Å². The first-order valence-corrected chi connectivity index (χ1v) is 8.54. The number of benzene rings is 1. The van der Waals surface area contributed by atoms with Crippen molar-refractivity contribution in [3.63, 3.8) is 0 Å². The van der Waals surface area contributed by atoms with Crippen molar-refractivity contribution >= 4 is 15.9 Å². The molecule has 0 aliphatic rings. The molecule has 0 radical (unpaired) electrons. The first-order chi connectivity index (χ1) is 11.3. The SMILES string of the molecule is CNC(=O)c1cc(S(=O)(=O)NC(C)c2nncn2C)ccc1OC. The molecule has 1 aromatic heterocycles. The second kappa shape index (κ2) is 6.97. The van der Waals surface area contributed by atoms with Gasteiger partial charge in [-0.2, -0.15) is 0 Å². The first-order valence-electron chi connectivity index (χ1n) is 7.06. The number of methoxy groups -OCH3 is 1. The number of sulfonamides is 1. The summed E-state index contributed by atoms with van der Waals surface area (Å²) in [6.07, 6.45) is 1.48. The molecular formula is C14H19N5O4S. The van der Waals surface area contributed by atoms with Crippen molar-refractivity contribution in [3.05, 3.63) is 35.9 Å². The zero-order chi connectivity index (χ0) is 17.9. The molecule has 0 bridgehead atoms. The number of hydrogen-bond acceptors (Lipinski definition) is 6. The van der Waals surface area contributed by atoms with Crippen molar-refractivity contribution in [2.75, 3.05) is 14.2 Å². The highest BCUT2D eigenvalue weighted by Crippen LogP contribution is 2.23. The van der Waals surface area contributed by atoms with E-state index in [-0.39, 0.29) is 16.2 Å². The third-order valence-corrected chi connectivity index (χ3v) is 4.96. The molecule has 0 aliphatic carbocycles. The van der Waals surface area contributed by atoms with Gasteiger partial charge < -0.3 is 14.6 Å². The second-order valence-corrected chi connectivity index (χ2v) is 6.80. The second-order valence-electron chi connectivity index (χ2n) is 5.08. The summed E-state index contributed by atoms with van der Waals surface area (Å²) in [6.45, 7) is 1.66. The fraction of sp³-hybridized carbons (Fsp3) is 0.357. The van der Waals surface area contributed by atoms with E-state index in [1.165, 1.54) is 38.7 Å². The summed E-state index contributed by atoms with van der Waals surface area (Å²) in [5, 5.41) is 10.1. The lowest BCUT2D eigenvalue weighted by atomic mass is 10.2. The van der Waals surface area contributed by atoms with Gasteiger partial charge in [-0.1, -0.05) is 0 Å². The van der Waals surface area contributed by atoms with Crippen LogP contribution in [0.1, 0.15) is 29.1 Å². The third kappa shape index (κ3) is 3.54. The predicted octanol–water partition coefficient (Wildman–Crippen LogP) is 0.223. The fourth-order valence-electron chi connectivity index (χ4n) is 2.20. The molecule has 2 aromatic rings. The molecule has 0 saturated heterocycles. The summed E-state index contributed by atoms with van der Waals surface area (Å²) >= 11 is 0. The van der Waals surface area contributed by atoms with Crippen molar-refractivity contribution in [2.45, 2.75) is 17.9 Å². The smallest absolute Gasteiger partial charge is 0.254 e. The van der Waals surface area contributed by atoms with Gasteiger partial charge in [-0.3, -0.25) is 4.79 Å². The van der Waals surface area contributed by atoms with Crippen molar-refractivity contribution in [2.24, 2.45) is 7.05 Å². The summed E-state index contributed by atoms with van der Waals surface area (Å²) in [6, 6.07) is 3.49. The van der Waals surface area contributed by atoms with Gasteiger partial charge in [0.1, 0.15) is 17.9 Å². The van der Waals surface area contributed by atoms with Gasteiger partial charge in [0.15, 0.2) is 0 Å². The van der Waals surface area contributed by atoms with Crippen molar-refractivity contribution in [1.29, 1.82) is 0 Å². The van der Waals surface area contributed by atoms with Gasteiger partial charge in [-0.25, -0.2) is 13.1 Å². The van der Waals surface area contributed by atoms with E-state index >= 15 is 0 Å². The number of amides is 1. The van der Waals surface area contributed by atoms with Crippen molar-refractivity contribution < 1.29 is 17.9 Å². The van der Waals surface area contributed by atoms with Gasteiger partial charge in [-0.05, 0) is 25.1 Å². The van der Waals surface area contributed by atoms with Gasteiger partial charge in [-0.15, -0.1) is 10.2 Å². The number of aromatic nitrogens is 3. The molecule has 10 heteroatoms. The van der Waals surface area contributed by atoms with Crippen LogP contribution in [-0.4, -0.2) is 43.2 Å². The van der Waals surface area contributed by atoms with Crippen molar-refractivity contribution in [1.82, 2.24) is 24.8 Å². The number of rotatable bonds is 6. The molecular weight excluding hydrogens is 334 g/mol. The van der Waals surface area contributed by atoms with Crippen LogP contribution >= 0.6 is 0 Å². The maximum atomic E-state index is 12.6. The average molecular weight is 353 g/mol. The highest BCUT2D eigenvalue weighted by molar-refractivity contribution is 7.89. The Bertz CT molecular complexity index is 847. The van der Waals surface area contributed by atoms with Gasteiger partial charge in [0.05, 0.1) is 23.6 Å². The summed E-state index contributed by atoms with van der Waals surface area (Å²) in [5.74, 6) is 0.318. The lowest BCUT2D eigenvalue weighted by Crippen LogP contribution is -2.29. The quantitative estimate of drug-likeness (QED) is 0.768. The van der Waals surface area contributed by atoms with Crippen LogP contribution < -0.4 is 14.8 Å². The predicted molar refractivity (Wildman–Crippen MR) is 86.1 cm³/mol. The van der Waals surface area contributed by atoms with E-state index < -0.39 is 22.0 Å². The lowest BCUT2D eigenvalue weighted by molar-refractivity contribution is 0.0960. The Labute approximate surface area is 140 Å². The third-order valence-electron chi connectivity index (χ3n) is 3.42. The molecule has 0 fully saturated rings. The Morgan fingerprint density at radius 1 is 1.38 bits per heavy atom. The number of nitrogens with zero attached hydrogens (tertiary/aromatic N) is 3. The minimum Gasteiger partial charge on any atom is -0.496 e. The molecule has 1 aromatic carbocycles. The van der Waals surface area contributed by atoms with E-state index in [9.17, 15) is 13.2 Å². The Morgan fingerprint density at radius 2 is 2.08 bits per heavy atom. The van der Waals surface area contributed by atoms with Gasteiger partial charge in [0.25, 0.3) is 5.91 Å². The van der Waals surface area contributed by atoms with Crippen LogP contribution in [0.3, 0.4) is 0 Å². The maximum absolute atomic E-state index is 12.6. The monoisotopic (exact) mass is 353 g/mol. The molecule has 0 saturated carbocycles. The standard InChI is InChI=1S/C14H19N5O4S/c1-9(13-17-16-8-19(13)3)18-24(21,22)10-5-6-12(23-4)11(7-10)14(20)15-2/h5-9,18H,1-4H3,(H,15,20). The highest BCUT2D eigenvalue weighted by Gasteiger charge is 2.23. The Kier molecular flexibility index (Phi) is 5.20. The Morgan fingerprint density at radius 3 is 2.62 bits per heavy atom. The lowest BCUT2D eigenvalue weighted by Gasteiger charge is -2.15. The molecule has 2 rings (SSSR count). The molecule has 1 heterocycles. The Hall–Kier alpha value is -2.46. The van der Waals surface area contributed by atoms with E-state index in [1.807, 2.05) is 0 Å². The molecule has 9 nitrogen and oxygen atoms in total. The first kappa shape index (κ1) is 17.9. The molecule has 2 N–H and O–H groups in total. The van der Waals surface area contributed by atoms with E-state index in [1.54, 1.807) is 18.5 Å². The largest absolute Gasteiger partial charge is 0.496 e. The van der Waals surface area contributed by atoms with Crippen LogP contribution in [0.4, 0.5) is 0 Å². The van der Waals surface area contributed by atoms with Crippen molar-refractivity contribution in [3.8, 4) is 5.75 Å². The minimum absolute atomic E-state index is 0.0454. The number of carbonyl (C=O) groups is 1. The molecule has 1 atom stereocenters. The van der Waals surface area contributed by atoms with Crippen LogP contribution in [0, 0.1) is 0 Å². The number of ether oxygens (including phenoxy) is 1. The number of carbonyl (C=O) groups excluding carboxylic acids is 1. The maximum Gasteiger partial charge on any atom is 0.254 e. The summed E-state index contributed by atoms with van der Waals surface area (Å²) < 4.78 is 34.4. The highest BCUT2D eigenvalue weighted by atomic mass is 32.2. The van der Waals surface area contributed by atoms with Crippen LogP contribution in [0.15, 0.2) is 29.4 Å². The number of hydrogen-bond donors (Lipinski definition) is 2. The molecule has 24 heavy (non-hydrogen) atoms. The molecule has 130 valence electrons. The number of nitrogens with one attached hydrogen (secondary N) is 2. The topological polar surface area (TPSA) is 115 Å². The van der Waals surface area contributed by atoms with Crippen LogP contribution in [0.5, 0.6) is 5.75 Å².